The number of carbonyl (C=O) groups is 1. The number of halogens is 1. The van der Waals surface area contributed by atoms with Crippen molar-refractivity contribution in [2.24, 2.45) is 0 Å². The molecule has 0 amide bonds. The maximum atomic E-state index is 11.9. The van der Waals surface area contributed by atoms with E-state index in [-0.39, 0.29) is 12.2 Å². The molecule has 0 aliphatic heterocycles. The first kappa shape index (κ1) is 14.5. The number of aromatic amines is 1. The van der Waals surface area contributed by atoms with E-state index in [1.165, 1.54) is 6.20 Å². The predicted molar refractivity (Wildman–Crippen MR) is 78.7 cm³/mol. The smallest absolute Gasteiger partial charge is 0.345 e. The van der Waals surface area contributed by atoms with Gasteiger partial charge in [0.15, 0.2) is 0 Å². The second kappa shape index (κ2) is 6.00. The summed E-state index contributed by atoms with van der Waals surface area (Å²) in [5.74, 6) is -0.242. The topological polar surface area (TPSA) is 72.0 Å². The van der Waals surface area contributed by atoms with Gasteiger partial charge in [0.25, 0.3) is 5.56 Å². The van der Waals surface area contributed by atoms with E-state index in [9.17, 15) is 9.59 Å². The molecule has 0 aliphatic carbocycles. The van der Waals surface area contributed by atoms with Gasteiger partial charge in [0, 0.05) is 16.2 Å². The van der Waals surface area contributed by atoms with Crippen molar-refractivity contribution in [3.8, 4) is 11.4 Å². The lowest BCUT2D eigenvalue weighted by Gasteiger charge is -2.06. The summed E-state index contributed by atoms with van der Waals surface area (Å²) in [7, 11) is 0. The summed E-state index contributed by atoms with van der Waals surface area (Å²) in [5, 5.41) is 0. The van der Waals surface area contributed by atoms with Crippen LogP contribution >= 0.6 is 15.9 Å². The van der Waals surface area contributed by atoms with Gasteiger partial charge in [-0.1, -0.05) is 15.9 Å². The Kier molecular flexibility index (Phi) is 4.34. The third-order valence-electron chi connectivity index (χ3n) is 2.74. The number of aryl methyl sites for hydroxylation is 1. The van der Waals surface area contributed by atoms with Crippen molar-refractivity contribution in [3.63, 3.8) is 0 Å². The average molecular weight is 337 g/mol. The van der Waals surface area contributed by atoms with Crippen LogP contribution in [-0.2, 0) is 4.74 Å². The van der Waals surface area contributed by atoms with Gasteiger partial charge in [0.2, 0.25) is 0 Å². The molecule has 0 saturated carbocycles. The molecular weight excluding hydrogens is 324 g/mol. The molecular formula is C14H13BrN2O3. The second-order valence-corrected chi connectivity index (χ2v) is 5.07. The van der Waals surface area contributed by atoms with E-state index in [0.29, 0.717) is 5.82 Å². The number of esters is 1. The summed E-state index contributed by atoms with van der Waals surface area (Å²) < 4.78 is 5.74. The van der Waals surface area contributed by atoms with Crippen molar-refractivity contribution >= 4 is 21.9 Å². The van der Waals surface area contributed by atoms with Gasteiger partial charge >= 0.3 is 5.97 Å². The molecule has 5 nitrogen and oxygen atoms in total. The summed E-state index contributed by atoms with van der Waals surface area (Å²) in [6.45, 7) is 3.81. The zero-order valence-electron chi connectivity index (χ0n) is 11.1. The van der Waals surface area contributed by atoms with E-state index in [1.54, 1.807) is 6.92 Å². The fourth-order valence-electron chi connectivity index (χ4n) is 1.78. The van der Waals surface area contributed by atoms with E-state index in [4.69, 9.17) is 4.74 Å². The van der Waals surface area contributed by atoms with Gasteiger partial charge in [-0.15, -0.1) is 0 Å². The third-order valence-corrected chi connectivity index (χ3v) is 3.23. The first-order valence-electron chi connectivity index (χ1n) is 6.06. The van der Waals surface area contributed by atoms with E-state index in [1.807, 2.05) is 25.1 Å². The molecule has 6 heteroatoms. The highest BCUT2D eigenvalue weighted by Gasteiger charge is 2.14. The van der Waals surface area contributed by atoms with Crippen LogP contribution in [0.4, 0.5) is 0 Å². The number of nitrogens with one attached hydrogen (secondary N) is 1. The Hall–Kier alpha value is -1.95. The molecule has 0 unspecified atom stereocenters. The lowest BCUT2D eigenvalue weighted by Crippen LogP contribution is -2.21. The first-order chi connectivity index (χ1) is 9.52. The minimum absolute atomic E-state index is 0.0923. The van der Waals surface area contributed by atoms with E-state index in [0.717, 1.165) is 15.6 Å². The van der Waals surface area contributed by atoms with Crippen LogP contribution in [-0.4, -0.2) is 22.5 Å². The zero-order chi connectivity index (χ0) is 14.7. The number of benzene rings is 1. The van der Waals surface area contributed by atoms with Crippen LogP contribution in [0.1, 0.15) is 22.8 Å². The maximum absolute atomic E-state index is 11.9. The van der Waals surface area contributed by atoms with E-state index in [2.05, 4.69) is 25.9 Å². The minimum atomic E-state index is -0.666. The molecule has 20 heavy (non-hydrogen) atoms. The Morgan fingerprint density at radius 1 is 1.45 bits per heavy atom. The van der Waals surface area contributed by atoms with Gasteiger partial charge in [-0.2, -0.15) is 0 Å². The molecule has 1 aromatic heterocycles. The molecule has 1 N–H and O–H groups in total. The SMILES string of the molecule is CCOC(=O)c1cnc(-c2ccc(Br)cc2C)[nH]c1=O. The number of carbonyl (C=O) groups excluding carboxylic acids is 1. The van der Waals surface area contributed by atoms with Crippen LogP contribution in [0.25, 0.3) is 11.4 Å². The highest BCUT2D eigenvalue weighted by Crippen LogP contribution is 2.22. The van der Waals surface area contributed by atoms with Crippen LogP contribution in [0.2, 0.25) is 0 Å². The average Bonchev–Trinajstić information content (AvgIpc) is 2.38. The largest absolute Gasteiger partial charge is 0.462 e. The number of nitrogens with zero attached hydrogens (tertiary/aromatic N) is 1. The summed E-state index contributed by atoms with van der Waals surface area (Å²) >= 11 is 3.38. The molecule has 0 radical (unpaired) electrons. The van der Waals surface area contributed by atoms with Gasteiger partial charge < -0.3 is 9.72 Å². The van der Waals surface area contributed by atoms with Crippen LogP contribution in [0.3, 0.4) is 0 Å². The van der Waals surface area contributed by atoms with Crippen molar-refractivity contribution in [2.75, 3.05) is 6.61 Å². The Bertz CT molecular complexity index is 710. The predicted octanol–water partition coefficient (Wildman–Crippen LogP) is 2.68. The summed E-state index contributed by atoms with van der Waals surface area (Å²) in [5.41, 5.74) is 1.17. The van der Waals surface area contributed by atoms with Gasteiger partial charge in [0.05, 0.1) is 6.61 Å². The number of H-pyrrole nitrogens is 1. The first-order valence-corrected chi connectivity index (χ1v) is 6.85. The van der Waals surface area contributed by atoms with Crippen LogP contribution in [0.15, 0.2) is 33.7 Å². The molecule has 0 bridgehead atoms. The Morgan fingerprint density at radius 3 is 2.80 bits per heavy atom. The number of ether oxygens (including phenoxy) is 1. The molecule has 0 fully saturated rings. The molecule has 0 spiro atoms. The molecule has 0 saturated heterocycles. The van der Waals surface area contributed by atoms with E-state index < -0.39 is 11.5 Å². The third kappa shape index (κ3) is 2.96. The summed E-state index contributed by atoms with van der Waals surface area (Å²) in [4.78, 5) is 30.2. The number of hydrogen-bond acceptors (Lipinski definition) is 4. The molecule has 1 aromatic carbocycles. The summed E-state index contributed by atoms with van der Waals surface area (Å²) in [6, 6.07) is 5.64. The van der Waals surface area contributed by atoms with E-state index >= 15 is 0 Å². The van der Waals surface area contributed by atoms with Gasteiger partial charge in [-0.05, 0) is 37.6 Å². The van der Waals surface area contributed by atoms with Crippen molar-refractivity contribution < 1.29 is 9.53 Å². The summed E-state index contributed by atoms with van der Waals surface area (Å²) in [6.07, 6.45) is 1.24. The highest BCUT2D eigenvalue weighted by molar-refractivity contribution is 9.10. The number of rotatable bonds is 3. The van der Waals surface area contributed by atoms with Gasteiger partial charge in [-0.3, -0.25) is 4.79 Å². The molecule has 2 aromatic rings. The zero-order valence-corrected chi connectivity index (χ0v) is 12.7. The fraction of sp³-hybridized carbons (Fsp3) is 0.214. The quantitative estimate of drug-likeness (QED) is 0.874. The monoisotopic (exact) mass is 336 g/mol. The minimum Gasteiger partial charge on any atom is -0.462 e. The lowest BCUT2D eigenvalue weighted by molar-refractivity contribution is 0.0524. The van der Waals surface area contributed by atoms with Crippen molar-refractivity contribution in [1.29, 1.82) is 0 Å². The maximum Gasteiger partial charge on any atom is 0.345 e. The Balaban J connectivity index is 2.43. The van der Waals surface area contributed by atoms with Crippen LogP contribution < -0.4 is 5.56 Å². The lowest BCUT2D eigenvalue weighted by atomic mass is 10.1. The molecule has 0 aliphatic rings. The molecule has 1 heterocycles. The standard InChI is InChI=1S/C14H13BrN2O3/c1-3-20-14(19)11-7-16-12(17-13(11)18)10-5-4-9(15)6-8(10)2/h4-7H,3H2,1-2H3,(H,16,17,18). The number of hydrogen-bond donors (Lipinski definition) is 1. The van der Waals surface area contributed by atoms with Crippen molar-refractivity contribution in [2.45, 2.75) is 13.8 Å². The van der Waals surface area contributed by atoms with Gasteiger partial charge in [-0.25, -0.2) is 9.78 Å². The van der Waals surface area contributed by atoms with Crippen molar-refractivity contribution in [3.05, 3.63) is 50.3 Å². The Labute approximate surface area is 124 Å². The van der Waals surface area contributed by atoms with Gasteiger partial charge in [0.1, 0.15) is 11.4 Å². The van der Waals surface area contributed by atoms with Crippen LogP contribution in [0, 0.1) is 6.92 Å². The molecule has 0 atom stereocenters. The fourth-order valence-corrected chi connectivity index (χ4v) is 2.25. The highest BCUT2D eigenvalue weighted by atomic mass is 79.9. The molecule has 104 valence electrons. The second-order valence-electron chi connectivity index (χ2n) is 4.15. The van der Waals surface area contributed by atoms with Crippen molar-refractivity contribution in [1.82, 2.24) is 9.97 Å². The normalized spacial score (nSPS) is 10.3. The number of aromatic nitrogens is 2. The Morgan fingerprint density at radius 2 is 2.20 bits per heavy atom. The molecule has 2 rings (SSSR count). The van der Waals surface area contributed by atoms with Crippen LogP contribution in [0.5, 0.6) is 0 Å².